The highest BCUT2D eigenvalue weighted by Crippen LogP contribution is 2.36. The number of aryl methyl sites for hydroxylation is 1. The Morgan fingerprint density at radius 3 is 3.12 bits per heavy atom. The van der Waals surface area contributed by atoms with Crippen molar-refractivity contribution in [3.05, 3.63) is 40.2 Å². The van der Waals surface area contributed by atoms with Crippen molar-refractivity contribution in [3.63, 3.8) is 0 Å². The Kier molecular flexibility index (Phi) is 4.20. The lowest BCUT2D eigenvalue weighted by Gasteiger charge is -2.39. The zero-order valence-electron chi connectivity index (χ0n) is 13.4. The monoisotopic (exact) mass is 345 g/mol. The minimum absolute atomic E-state index is 0.0184. The van der Waals surface area contributed by atoms with E-state index in [0.29, 0.717) is 24.9 Å². The second kappa shape index (κ2) is 6.49. The van der Waals surface area contributed by atoms with Gasteiger partial charge in [-0.15, -0.1) is 21.5 Å². The van der Waals surface area contributed by atoms with E-state index < -0.39 is 0 Å². The number of ether oxygens (including phenoxy) is 1. The number of carbonyl (C=O) groups excluding carboxylic acids is 1. The molecule has 2 aromatic rings. The number of likely N-dealkylation sites (tertiary alicyclic amines) is 1. The van der Waals surface area contributed by atoms with Gasteiger partial charge in [-0.1, -0.05) is 6.07 Å². The fourth-order valence-corrected chi connectivity index (χ4v) is 4.11. The van der Waals surface area contributed by atoms with Crippen LogP contribution >= 0.6 is 11.3 Å². The molecule has 0 N–H and O–H groups in total. The van der Waals surface area contributed by atoms with Gasteiger partial charge in [-0.3, -0.25) is 4.79 Å². The molecule has 4 heterocycles. The Hall–Kier alpha value is -1.99. The highest BCUT2D eigenvalue weighted by atomic mass is 32.1. The van der Waals surface area contributed by atoms with Crippen LogP contribution in [0.1, 0.15) is 35.4 Å². The number of hydrogen-bond acceptors (Lipinski definition) is 6. The highest BCUT2D eigenvalue weighted by molar-refractivity contribution is 7.10. The van der Waals surface area contributed by atoms with Gasteiger partial charge in [0.25, 0.3) is 0 Å². The molecule has 2 saturated heterocycles. The molecule has 7 heteroatoms. The Morgan fingerprint density at radius 2 is 2.38 bits per heavy atom. The summed E-state index contributed by atoms with van der Waals surface area (Å²) in [6.07, 6.45) is 5.29. The van der Waals surface area contributed by atoms with Crippen LogP contribution in [0.25, 0.3) is 6.08 Å². The number of piperidine rings is 1. The summed E-state index contributed by atoms with van der Waals surface area (Å²) in [5.41, 5.74) is 0. The van der Waals surface area contributed by atoms with Crippen LogP contribution in [0.2, 0.25) is 0 Å². The van der Waals surface area contributed by atoms with Gasteiger partial charge in [-0.25, -0.2) is 0 Å². The topological polar surface area (TPSA) is 68.5 Å². The van der Waals surface area contributed by atoms with Crippen molar-refractivity contribution < 1.29 is 13.9 Å². The summed E-state index contributed by atoms with van der Waals surface area (Å²) in [5.74, 6) is 1.20. The van der Waals surface area contributed by atoms with Crippen LogP contribution in [0.3, 0.4) is 0 Å². The molecular formula is C17H19N3O3S. The zero-order chi connectivity index (χ0) is 16.5. The molecular weight excluding hydrogens is 326 g/mol. The summed E-state index contributed by atoms with van der Waals surface area (Å²) in [6.45, 7) is 3.07. The number of amides is 1. The average molecular weight is 345 g/mol. The molecule has 3 atom stereocenters. The van der Waals surface area contributed by atoms with Crippen LogP contribution < -0.4 is 0 Å². The van der Waals surface area contributed by atoms with E-state index in [4.69, 9.17) is 9.15 Å². The molecule has 0 spiro atoms. The number of aromatic nitrogens is 2. The van der Waals surface area contributed by atoms with Crippen LogP contribution in [-0.2, 0) is 9.53 Å². The maximum absolute atomic E-state index is 12.7. The SMILES string of the molecule is Cc1nnc([C@@H]2C[C@@H]3OCC[C@@H]3N(C(=O)/C=C/c3cccs3)C2)o1. The summed E-state index contributed by atoms with van der Waals surface area (Å²) < 4.78 is 11.4. The number of rotatable bonds is 3. The first-order valence-electron chi connectivity index (χ1n) is 8.14. The number of hydrogen-bond donors (Lipinski definition) is 0. The normalized spacial score (nSPS) is 26.9. The molecule has 2 fully saturated rings. The number of thiophene rings is 1. The molecule has 24 heavy (non-hydrogen) atoms. The predicted molar refractivity (Wildman–Crippen MR) is 89.6 cm³/mol. The standard InChI is InChI=1S/C17H19N3O3S/c1-11-18-19-17(23-11)12-9-15-14(6-7-22-15)20(10-12)16(21)5-4-13-3-2-8-24-13/h2-5,8,12,14-15H,6-7,9-10H2,1H3/b5-4+/t12-,14+,15+/m1/s1. The minimum atomic E-state index is 0.0184. The van der Waals surface area contributed by atoms with Crippen LogP contribution in [0.15, 0.2) is 28.0 Å². The maximum atomic E-state index is 12.7. The van der Waals surface area contributed by atoms with E-state index in [9.17, 15) is 4.79 Å². The number of carbonyl (C=O) groups is 1. The van der Waals surface area contributed by atoms with Crippen LogP contribution in [0.4, 0.5) is 0 Å². The van der Waals surface area contributed by atoms with E-state index in [-0.39, 0.29) is 24.0 Å². The molecule has 2 aliphatic rings. The lowest BCUT2D eigenvalue weighted by atomic mass is 9.90. The van der Waals surface area contributed by atoms with Gasteiger partial charge in [0.15, 0.2) is 0 Å². The fraction of sp³-hybridized carbons (Fsp3) is 0.471. The molecule has 2 aliphatic heterocycles. The molecule has 0 aliphatic carbocycles. The molecule has 4 rings (SSSR count). The lowest BCUT2D eigenvalue weighted by molar-refractivity contribution is -0.132. The number of nitrogens with zero attached hydrogens (tertiary/aromatic N) is 3. The molecule has 0 radical (unpaired) electrons. The summed E-state index contributed by atoms with van der Waals surface area (Å²) in [4.78, 5) is 15.7. The van der Waals surface area contributed by atoms with E-state index in [2.05, 4.69) is 10.2 Å². The molecule has 126 valence electrons. The summed E-state index contributed by atoms with van der Waals surface area (Å²) in [7, 11) is 0. The van der Waals surface area contributed by atoms with Crippen molar-refractivity contribution in [1.82, 2.24) is 15.1 Å². The third kappa shape index (κ3) is 3.01. The van der Waals surface area contributed by atoms with Gasteiger partial charge < -0.3 is 14.1 Å². The average Bonchev–Trinajstić information content (AvgIpc) is 3.32. The summed E-state index contributed by atoms with van der Waals surface area (Å²) in [5, 5.41) is 10.1. The van der Waals surface area contributed by atoms with Gasteiger partial charge in [0.1, 0.15) is 0 Å². The van der Waals surface area contributed by atoms with Crippen LogP contribution in [-0.4, -0.2) is 46.3 Å². The predicted octanol–water partition coefficient (Wildman–Crippen LogP) is 2.63. The molecule has 6 nitrogen and oxygen atoms in total. The first-order chi connectivity index (χ1) is 11.7. The minimum Gasteiger partial charge on any atom is -0.425 e. The second-order valence-corrected chi connectivity index (χ2v) is 7.18. The van der Waals surface area contributed by atoms with E-state index in [1.165, 1.54) is 0 Å². The molecule has 1 amide bonds. The molecule has 0 unspecified atom stereocenters. The summed E-state index contributed by atoms with van der Waals surface area (Å²) >= 11 is 1.62. The molecule has 0 saturated carbocycles. The van der Waals surface area contributed by atoms with E-state index >= 15 is 0 Å². The first-order valence-corrected chi connectivity index (χ1v) is 9.02. The molecule has 0 bridgehead atoms. The Balaban J connectivity index is 1.54. The van der Waals surface area contributed by atoms with Crippen molar-refractivity contribution in [2.24, 2.45) is 0 Å². The Bertz CT molecular complexity index is 740. The van der Waals surface area contributed by atoms with Crippen LogP contribution in [0.5, 0.6) is 0 Å². The quantitative estimate of drug-likeness (QED) is 0.800. The van der Waals surface area contributed by atoms with Crippen molar-refractivity contribution >= 4 is 23.3 Å². The third-order valence-corrected chi connectivity index (χ3v) is 5.45. The van der Waals surface area contributed by atoms with Gasteiger partial charge in [-0.2, -0.15) is 0 Å². The first kappa shape index (κ1) is 15.5. The van der Waals surface area contributed by atoms with Crippen molar-refractivity contribution in [2.45, 2.75) is 37.8 Å². The maximum Gasteiger partial charge on any atom is 0.246 e. The zero-order valence-corrected chi connectivity index (χ0v) is 14.2. The Morgan fingerprint density at radius 1 is 1.46 bits per heavy atom. The third-order valence-electron chi connectivity index (χ3n) is 4.62. The largest absolute Gasteiger partial charge is 0.425 e. The second-order valence-electron chi connectivity index (χ2n) is 6.20. The lowest BCUT2D eigenvalue weighted by Crippen LogP contribution is -2.51. The van der Waals surface area contributed by atoms with E-state index in [0.717, 1.165) is 17.7 Å². The van der Waals surface area contributed by atoms with Gasteiger partial charge in [0.2, 0.25) is 17.7 Å². The van der Waals surface area contributed by atoms with Crippen molar-refractivity contribution in [1.29, 1.82) is 0 Å². The highest BCUT2D eigenvalue weighted by Gasteiger charge is 2.43. The van der Waals surface area contributed by atoms with Gasteiger partial charge in [0, 0.05) is 31.0 Å². The van der Waals surface area contributed by atoms with Gasteiger partial charge >= 0.3 is 0 Å². The molecule has 0 aromatic carbocycles. The fourth-order valence-electron chi connectivity index (χ4n) is 3.49. The van der Waals surface area contributed by atoms with E-state index in [1.807, 2.05) is 28.5 Å². The van der Waals surface area contributed by atoms with E-state index in [1.54, 1.807) is 24.3 Å². The van der Waals surface area contributed by atoms with Crippen LogP contribution in [0, 0.1) is 6.92 Å². The van der Waals surface area contributed by atoms with Crippen molar-refractivity contribution in [2.75, 3.05) is 13.2 Å². The van der Waals surface area contributed by atoms with Crippen molar-refractivity contribution in [3.8, 4) is 0 Å². The summed E-state index contributed by atoms with van der Waals surface area (Å²) in [6, 6.07) is 4.12. The Labute approximate surface area is 144 Å². The number of fused-ring (bicyclic) bond motifs is 1. The van der Waals surface area contributed by atoms with Gasteiger partial charge in [-0.05, 0) is 30.4 Å². The smallest absolute Gasteiger partial charge is 0.246 e. The molecule has 2 aromatic heterocycles. The van der Waals surface area contributed by atoms with Gasteiger partial charge in [0.05, 0.1) is 18.1 Å².